The molecule has 0 aliphatic carbocycles. The number of fused-ring (bicyclic) bond motifs is 2. The van der Waals surface area contributed by atoms with Crippen molar-refractivity contribution in [1.29, 1.82) is 5.26 Å². The van der Waals surface area contributed by atoms with E-state index < -0.39 is 11.4 Å². The standard InChI is InChI=1S/C30H27N5O5/c31-12-18-9-17(3-6-24(18)34-7-1-2-8-34)25-11-26(36)22(30(37)38)15-35(25)20-4-5-23-27(10-20)40-29(33-23)28-21-14-32-13-19(21)16-39-28/h3-6,9-11,15,19,21,28,32H,1-2,7-8,13-14,16H2,(H,37,38). The highest BCUT2D eigenvalue weighted by Gasteiger charge is 2.43. The molecule has 3 fully saturated rings. The van der Waals surface area contributed by atoms with E-state index >= 15 is 0 Å². The number of carboxylic acid groups (broad SMARTS) is 1. The molecule has 0 amide bonds. The largest absolute Gasteiger partial charge is 0.477 e. The molecule has 10 heteroatoms. The molecule has 3 atom stereocenters. The number of benzene rings is 2. The van der Waals surface area contributed by atoms with E-state index in [-0.39, 0.29) is 11.7 Å². The lowest BCUT2D eigenvalue weighted by molar-refractivity contribution is 0.0673. The van der Waals surface area contributed by atoms with Crippen molar-refractivity contribution < 1.29 is 19.1 Å². The number of nitriles is 1. The third-order valence-electron chi connectivity index (χ3n) is 8.32. The molecule has 5 heterocycles. The van der Waals surface area contributed by atoms with E-state index in [1.54, 1.807) is 16.7 Å². The number of anilines is 1. The maximum atomic E-state index is 12.8. The summed E-state index contributed by atoms with van der Waals surface area (Å²) in [4.78, 5) is 31.6. The van der Waals surface area contributed by atoms with Crippen molar-refractivity contribution in [2.75, 3.05) is 37.7 Å². The van der Waals surface area contributed by atoms with E-state index in [1.165, 1.54) is 12.3 Å². The molecular weight excluding hydrogens is 510 g/mol. The number of ether oxygens (including phenoxy) is 1. The van der Waals surface area contributed by atoms with Crippen molar-refractivity contribution in [2.24, 2.45) is 11.8 Å². The monoisotopic (exact) mass is 537 g/mol. The summed E-state index contributed by atoms with van der Waals surface area (Å²) in [6, 6.07) is 14.5. The van der Waals surface area contributed by atoms with Gasteiger partial charge in [0.25, 0.3) is 0 Å². The Hall–Kier alpha value is -4.46. The number of aromatic carboxylic acids is 1. The van der Waals surface area contributed by atoms with Gasteiger partial charge in [-0.05, 0) is 37.1 Å². The molecule has 2 aromatic heterocycles. The molecule has 0 spiro atoms. The summed E-state index contributed by atoms with van der Waals surface area (Å²) in [6.07, 6.45) is 3.28. The number of aromatic nitrogens is 2. The quantitative estimate of drug-likeness (QED) is 0.391. The van der Waals surface area contributed by atoms with Gasteiger partial charge in [-0.25, -0.2) is 9.78 Å². The van der Waals surface area contributed by atoms with Crippen molar-refractivity contribution in [1.82, 2.24) is 14.9 Å². The smallest absolute Gasteiger partial charge is 0.341 e. The van der Waals surface area contributed by atoms with E-state index in [0.29, 0.717) is 57.9 Å². The normalized spacial score (nSPS) is 22.1. The SMILES string of the molecule is N#Cc1cc(-c2cc(=O)c(C(=O)O)cn2-c2ccc3nc(C4OCC5CNCC54)oc3c2)ccc1N1CCCC1. The van der Waals surface area contributed by atoms with Crippen LogP contribution in [0.1, 0.15) is 40.8 Å². The lowest BCUT2D eigenvalue weighted by atomic mass is 9.94. The molecule has 4 aromatic rings. The second kappa shape index (κ2) is 9.62. The van der Waals surface area contributed by atoms with E-state index in [2.05, 4.69) is 21.3 Å². The van der Waals surface area contributed by atoms with Crippen LogP contribution in [0.5, 0.6) is 0 Å². The van der Waals surface area contributed by atoms with Gasteiger partial charge in [-0.2, -0.15) is 5.26 Å². The highest BCUT2D eigenvalue weighted by Crippen LogP contribution is 2.41. The topological polar surface area (TPSA) is 134 Å². The van der Waals surface area contributed by atoms with Crippen LogP contribution in [-0.2, 0) is 4.74 Å². The molecule has 2 N–H and O–H groups in total. The van der Waals surface area contributed by atoms with Gasteiger partial charge in [-0.15, -0.1) is 0 Å². The first kappa shape index (κ1) is 24.6. The number of hydrogen-bond donors (Lipinski definition) is 2. The van der Waals surface area contributed by atoms with E-state index in [4.69, 9.17) is 9.15 Å². The fourth-order valence-corrected chi connectivity index (χ4v) is 6.25. The summed E-state index contributed by atoms with van der Waals surface area (Å²) in [7, 11) is 0. The van der Waals surface area contributed by atoms with Gasteiger partial charge in [-0.1, -0.05) is 6.07 Å². The lowest BCUT2D eigenvalue weighted by Crippen LogP contribution is -2.19. The molecule has 10 nitrogen and oxygen atoms in total. The number of pyridine rings is 1. The van der Waals surface area contributed by atoms with Crippen LogP contribution in [-0.4, -0.2) is 53.4 Å². The van der Waals surface area contributed by atoms with Crippen LogP contribution in [0.15, 0.2) is 57.9 Å². The zero-order chi connectivity index (χ0) is 27.4. The summed E-state index contributed by atoms with van der Waals surface area (Å²) in [5.41, 5.74) is 3.31. The summed E-state index contributed by atoms with van der Waals surface area (Å²) >= 11 is 0. The Morgan fingerprint density at radius 2 is 1.98 bits per heavy atom. The molecule has 2 aromatic carbocycles. The molecular formula is C30H27N5O5. The molecule has 3 aliphatic heterocycles. The Labute approximate surface area is 229 Å². The van der Waals surface area contributed by atoms with Crippen LogP contribution in [0.25, 0.3) is 28.0 Å². The van der Waals surface area contributed by atoms with Gasteiger partial charge in [0.15, 0.2) is 11.0 Å². The Morgan fingerprint density at radius 1 is 1.12 bits per heavy atom. The van der Waals surface area contributed by atoms with Crippen LogP contribution < -0.4 is 15.6 Å². The number of carbonyl (C=O) groups is 1. The van der Waals surface area contributed by atoms with Crippen LogP contribution >= 0.6 is 0 Å². The summed E-state index contributed by atoms with van der Waals surface area (Å²) in [6.45, 7) is 4.26. The second-order valence-corrected chi connectivity index (χ2v) is 10.7. The Bertz CT molecular complexity index is 1750. The predicted octanol–water partition coefficient (Wildman–Crippen LogP) is 3.72. The van der Waals surface area contributed by atoms with Gasteiger partial charge < -0.3 is 29.0 Å². The zero-order valence-corrected chi connectivity index (χ0v) is 21.7. The first-order chi connectivity index (χ1) is 19.5. The third kappa shape index (κ3) is 4.06. The molecule has 0 saturated carbocycles. The molecule has 3 unspecified atom stereocenters. The third-order valence-corrected chi connectivity index (χ3v) is 8.32. The Morgan fingerprint density at radius 3 is 2.77 bits per heavy atom. The van der Waals surface area contributed by atoms with Gasteiger partial charge in [-0.3, -0.25) is 4.79 Å². The number of oxazole rings is 1. The summed E-state index contributed by atoms with van der Waals surface area (Å²) < 4.78 is 13.8. The van der Waals surface area contributed by atoms with Gasteiger partial charge in [0, 0.05) is 67.6 Å². The number of nitrogens with one attached hydrogen (secondary N) is 1. The highest BCUT2D eigenvalue weighted by atomic mass is 16.5. The maximum absolute atomic E-state index is 12.8. The number of carboxylic acids is 1. The van der Waals surface area contributed by atoms with Crippen molar-refractivity contribution in [2.45, 2.75) is 18.9 Å². The van der Waals surface area contributed by atoms with E-state index in [0.717, 1.165) is 44.7 Å². The molecule has 0 radical (unpaired) electrons. The fourth-order valence-electron chi connectivity index (χ4n) is 6.25. The molecule has 3 aliphatic rings. The molecule has 3 saturated heterocycles. The first-order valence-electron chi connectivity index (χ1n) is 13.5. The highest BCUT2D eigenvalue weighted by molar-refractivity contribution is 5.88. The van der Waals surface area contributed by atoms with E-state index in [9.17, 15) is 20.0 Å². The number of rotatable bonds is 5. The summed E-state index contributed by atoms with van der Waals surface area (Å²) in [5.74, 6) is -0.0163. The molecule has 7 rings (SSSR count). The van der Waals surface area contributed by atoms with Gasteiger partial charge in [0.2, 0.25) is 5.89 Å². The maximum Gasteiger partial charge on any atom is 0.341 e. The minimum atomic E-state index is -1.31. The average Bonchev–Trinajstić information content (AvgIpc) is 3.76. The van der Waals surface area contributed by atoms with Crippen molar-refractivity contribution in [3.8, 4) is 23.0 Å². The number of nitrogens with zero attached hydrogens (tertiary/aromatic N) is 4. The van der Waals surface area contributed by atoms with E-state index in [1.807, 2.05) is 24.3 Å². The lowest BCUT2D eigenvalue weighted by Gasteiger charge is -2.20. The Kier molecular flexibility index (Phi) is 5.91. The van der Waals surface area contributed by atoms with Crippen molar-refractivity contribution in [3.05, 3.63) is 75.9 Å². The van der Waals surface area contributed by atoms with Gasteiger partial charge >= 0.3 is 5.97 Å². The molecule has 40 heavy (non-hydrogen) atoms. The van der Waals surface area contributed by atoms with Gasteiger partial charge in [0.1, 0.15) is 23.3 Å². The molecule has 202 valence electrons. The number of hydrogen-bond acceptors (Lipinski definition) is 8. The van der Waals surface area contributed by atoms with Crippen LogP contribution in [0.4, 0.5) is 5.69 Å². The predicted molar refractivity (Wildman–Crippen MR) is 147 cm³/mol. The van der Waals surface area contributed by atoms with Crippen LogP contribution in [0, 0.1) is 23.2 Å². The fraction of sp³-hybridized carbons (Fsp3) is 0.333. The summed E-state index contributed by atoms with van der Waals surface area (Å²) in [5, 5.41) is 23.0. The Balaban J connectivity index is 1.33. The molecule has 0 bridgehead atoms. The van der Waals surface area contributed by atoms with Crippen LogP contribution in [0.2, 0.25) is 0 Å². The minimum Gasteiger partial charge on any atom is -0.477 e. The minimum absolute atomic E-state index is 0.212. The average molecular weight is 538 g/mol. The zero-order valence-electron chi connectivity index (χ0n) is 21.7. The first-order valence-corrected chi connectivity index (χ1v) is 13.5. The van der Waals surface area contributed by atoms with Crippen molar-refractivity contribution >= 4 is 22.8 Å². The second-order valence-electron chi connectivity index (χ2n) is 10.7. The van der Waals surface area contributed by atoms with Crippen molar-refractivity contribution in [3.63, 3.8) is 0 Å². The van der Waals surface area contributed by atoms with Gasteiger partial charge in [0.05, 0.1) is 23.6 Å². The van der Waals surface area contributed by atoms with Crippen LogP contribution in [0.3, 0.4) is 0 Å².